The SMILES string of the molecule is COc1cc(C)c2[nH]ccc2c1CN1CCC(c2ccccc2)CC1c1ccc(C=O)cc1. The minimum atomic E-state index is 0.268. The number of piperidine rings is 1. The minimum absolute atomic E-state index is 0.268. The molecule has 0 spiro atoms. The van der Waals surface area contributed by atoms with Gasteiger partial charge in [0.05, 0.1) is 7.11 Å². The molecule has 1 aliphatic rings. The smallest absolute Gasteiger partial charge is 0.150 e. The summed E-state index contributed by atoms with van der Waals surface area (Å²) >= 11 is 0. The Kier molecular flexibility index (Phi) is 6.01. The molecule has 3 aromatic carbocycles. The van der Waals surface area contributed by atoms with Crippen molar-refractivity contribution in [2.75, 3.05) is 13.7 Å². The van der Waals surface area contributed by atoms with Gasteiger partial charge in [0, 0.05) is 40.8 Å². The summed E-state index contributed by atoms with van der Waals surface area (Å²) in [5.74, 6) is 1.46. The number of hydrogen-bond donors (Lipinski definition) is 1. The summed E-state index contributed by atoms with van der Waals surface area (Å²) in [7, 11) is 1.76. The third-order valence-corrected chi connectivity index (χ3v) is 7.13. The summed E-state index contributed by atoms with van der Waals surface area (Å²) in [6.45, 7) is 3.94. The fraction of sp³-hybridized carbons (Fsp3) is 0.276. The summed E-state index contributed by atoms with van der Waals surface area (Å²) in [6.07, 6.45) is 5.10. The van der Waals surface area contributed by atoms with Crippen LogP contribution in [0.2, 0.25) is 0 Å². The van der Waals surface area contributed by atoms with Gasteiger partial charge in [-0.15, -0.1) is 0 Å². The number of carbonyl (C=O) groups excluding carboxylic acids is 1. The van der Waals surface area contributed by atoms with Gasteiger partial charge in [-0.1, -0.05) is 54.6 Å². The van der Waals surface area contributed by atoms with E-state index < -0.39 is 0 Å². The summed E-state index contributed by atoms with van der Waals surface area (Å²) < 4.78 is 5.83. The van der Waals surface area contributed by atoms with Crippen LogP contribution in [0.3, 0.4) is 0 Å². The number of aromatic nitrogens is 1. The van der Waals surface area contributed by atoms with Crippen LogP contribution in [0.1, 0.15) is 57.4 Å². The molecule has 1 fully saturated rings. The van der Waals surface area contributed by atoms with E-state index in [1.807, 2.05) is 18.3 Å². The molecule has 4 aromatic rings. The zero-order valence-electron chi connectivity index (χ0n) is 19.3. The molecule has 1 aliphatic heterocycles. The van der Waals surface area contributed by atoms with Gasteiger partial charge in [0.1, 0.15) is 12.0 Å². The van der Waals surface area contributed by atoms with Gasteiger partial charge in [-0.2, -0.15) is 0 Å². The van der Waals surface area contributed by atoms with Gasteiger partial charge in [0.25, 0.3) is 0 Å². The first-order valence-electron chi connectivity index (χ1n) is 11.7. The number of aryl methyl sites for hydroxylation is 1. The number of carbonyl (C=O) groups is 1. The number of fused-ring (bicyclic) bond motifs is 1. The number of nitrogens with zero attached hydrogens (tertiary/aromatic N) is 1. The van der Waals surface area contributed by atoms with E-state index in [9.17, 15) is 4.79 Å². The van der Waals surface area contributed by atoms with Crippen molar-refractivity contribution in [1.29, 1.82) is 0 Å². The van der Waals surface area contributed by atoms with E-state index in [4.69, 9.17) is 4.74 Å². The van der Waals surface area contributed by atoms with Gasteiger partial charge < -0.3 is 9.72 Å². The molecule has 0 amide bonds. The molecule has 5 rings (SSSR count). The number of H-pyrrole nitrogens is 1. The lowest BCUT2D eigenvalue weighted by molar-refractivity contribution is 0.112. The predicted octanol–water partition coefficient (Wildman–Crippen LogP) is 6.42. The van der Waals surface area contributed by atoms with Crippen LogP contribution in [0, 0.1) is 6.92 Å². The Bertz CT molecular complexity index is 1240. The summed E-state index contributed by atoms with van der Waals surface area (Å²) in [5.41, 5.74) is 6.99. The van der Waals surface area contributed by atoms with Crippen LogP contribution in [0.25, 0.3) is 10.9 Å². The lowest BCUT2D eigenvalue weighted by Crippen LogP contribution is -2.36. The standard InChI is InChI=1S/C29H30N2O2/c1-20-16-28(33-2)26(25-12-14-30-29(20)25)18-31-15-13-24(22-6-4-3-5-7-22)17-27(31)23-10-8-21(19-32)9-11-23/h3-12,14,16,19,24,27,30H,13,15,17-18H2,1-2H3. The quantitative estimate of drug-likeness (QED) is 0.353. The summed E-state index contributed by atoms with van der Waals surface area (Å²) in [6, 6.07) is 23.5. The second-order valence-electron chi connectivity index (χ2n) is 9.04. The van der Waals surface area contributed by atoms with Gasteiger partial charge in [-0.25, -0.2) is 0 Å². The highest BCUT2D eigenvalue weighted by Crippen LogP contribution is 2.42. The molecule has 33 heavy (non-hydrogen) atoms. The highest BCUT2D eigenvalue weighted by molar-refractivity contribution is 5.88. The summed E-state index contributed by atoms with van der Waals surface area (Å²) in [4.78, 5) is 17.2. The van der Waals surface area contributed by atoms with Crippen molar-refractivity contribution in [2.24, 2.45) is 0 Å². The van der Waals surface area contributed by atoms with Crippen molar-refractivity contribution in [3.63, 3.8) is 0 Å². The lowest BCUT2D eigenvalue weighted by Gasteiger charge is -2.40. The molecule has 2 unspecified atom stereocenters. The van der Waals surface area contributed by atoms with Crippen LogP contribution >= 0.6 is 0 Å². The first-order valence-corrected chi connectivity index (χ1v) is 11.7. The number of nitrogens with one attached hydrogen (secondary N) is 1. The number of hydrogen-bond acceptors (Lipinski definition) is 3. The number of benzene rings is 3. The number of rotatable bonds is 6. The molecule has 2 heterocycles. The molecular weight excluding hydrogens is 408 g/mol. The van der Waals surface area contributed by atoms with Crippen molar-refractivity contribution in [3.8, 4) is 5.75 Å². The van der Waals surface area contributed by atoms with Crippen LogP contribution in [-0.4, -0.2) is 29.8 Å². The minimum Gasteiger partial charge on any atom is -0.496 e. The number of aromatic amines is 1. The molecule has 0 bridgehead atoms. The Morgan fingerprint density at radius 1 is 1.06 bits per heavy atom. The Balaban J connectivity index is 1.51. The summed E-state index contributed by atoms with van der Waals surface area (Å²) in [5, 5.41) is 1.23. The van der Waals surface area contributed by atoms with E-state index in [2.05, 4.69) is 71.4 Å². The third-order valence-electron chi connectivity index (χ3n) is 7.13. The maximum Gasteiger partial charge on any atom is 0.150 e. The van der Waals surface area contributed by atoms with Crippen molar-refractivity contribution in [3.05, 3.63) is 101 Å². The van der Waals surface area contributed by atoms with Crippen LogP contribution in [0.5, 0.6) is 5.75 Å². The average molecular weight is 439 g/mol. The normalized spacial score (nSPS) is 19.0. The van der Waals surface area contributed by atoms with Crippen molar-refractivity contribution >= 4 is 17.2 Å². The first-order chi connectivity index (χ1) is 16.2. The molecule has 168 valence electrons. The van der Waals surface area contributed by atoms with E-state index in [1.54, 1.807) is 7.11 Å². The number of methoxy groups -OCH3 is 1. The molecule has 0 saturated carbocycles. The highest BCUT2D eigenvalue weighted by atomic mass is 16.5. The zero-order valence-corrected chi connectivity index (χ0v) is 19.3. The van der Waals surface area contributed by atoms with Crippen molar-refractivity contribution < 1.29 is 9.53 Å². The molecule has 1 saturated heterocycles. The predicted molar refractivity (Wildman–Crippen MR) is 133 cm³/mol. The molecule has 4 nitrogen and oxygen atoms in total. The van der Waals surface area contributed by atoms with Crippen LogP contribution < -0.4 is 4.74 Å². The second-order valence-corrected chi connectivity index (χ2v) is 9.04. The highest BCUT2D eigenvalue weighted by Gasteiger charge is 2.31. The van der Waals surface area contributed by atoms with Gasteiger partial charge in [0.15, 0.2) is 0 Å². The van der Waals surface area contributed by atoms with Crippen LogP contribution in [0.4, 0.5) is 0 Å². The molecule has 1 aromatic heterocycles. The molecular formula is C29H30N2O2. The van der Waals surface area contributed by atoms with Crippen molar-refractivity contribution in [2.45, 2.75) is 38.3 Å². The van der Waals surface area contributed by atoms with E-state index >= 15 is 0 Å². The molecule has 2 atom stereocenters. The number of ether oxygens (including phenoxy) is 1. The van der Waals surface area contributed by atoms with Gasteiger partial charge in [0.2, 0.25) is 0 Å². The monoisotopic (exact) mass is 438 g/mol. The van der Waals surface area contributed by atoms with Gasteiger partial charge in [-0.05, 0) is 61.1 Å². The Hall–Kier alpha value is -3.37. The Labute approximate surface area is 195 Å². The van der Waals surface area contributed by atoms with E-state index in [0.29, 0.717) is 5.92 Å². The molecule has 0 aliphatic carbocycles. The van der Waals surface area contributed by atoms with E-state index in [0.717, 1.165) is 43.5 Å². The third kappa shape index (κ3) is 4.19. The topological polar surface area (TPSA) is 45.3 Å². The van der Waals surface area contributed by atoms with Crippen LogP contribution in [0.15, 0.2) is 72.9 Å². The van der Waals surface area contributed by atoms with E-state index in [1.165, 1.54) is 33.2 Å². The largest absolute Gasteiger partial charge is 0.496 e. The van der Waals surface area contributed by atoms with Crippen LogP contribution in [-0.2, 0) is 6.54 Å². The first kappa shape index (κ1) is 21.5. The number of aldehydes is 1. The zero-order chi connectivity index (χ0) is 22.8. The molecule has 4 heteroatoms. The average Bonchev–Trinajstić information content (AvgIpc) is 3.37. The second kappa shape index (κ2) is 9.24. The molecule has 1 N–H and O–H groups in total. The Morgan fingerprint density at radius 2 is 1.85 bits per heavy atom. The fourth-order valence-electron chi connectivity index (χ4n) is 5.36. The van der Waals surface area contributed by atoms with Crippen molar-refractivity contribution in [1.82, 2.24) is 9.88 Å². The van der Waals surface area contributed by atoms with E-state index in [-0.39, 0.29) is 6.04 Å². The maximum atomic E-state index is 11.2. The maximum absolute atomic E-state index is 11.2. The Morgan fingerprint density at radius 3 is 2.58 bits per heavy atom. The lowest BCUT2D eigenvalue weighted by atomic mass is 9.82. The van der Waals surface area contributed by atoms with Gasteiger partial charge in [-0.3, -0.25) is 9.69 Å². The number of likely N-dealkylation sites (tertiary alicyclic amines) is 1. The molecule has 0 radical (unpaired) electrons. The fourth-order valence-corrected chi connectivity index (χ4v) is 5.36. The van der Waals surface area contributed by atoms with Gasteiger partial charge >= 0.3 is 0 Å².